The van der Waals surface area contributed by atoms with Crippen molar-refractivity contribution in [3.05, 3.63) is 77.3 Å². The van der Waals surface area contributed by atoms with Gasteiger partial charge in [-0.25, -0.2) is 0 Å². The minimum atomic E-state index is -1.87. The average molecular weight is 487 g/mol. The first-order valence-corrected chi connectivity index (χ1v) is 10.3. The highest BCUT2D eigenvalue weighted by atomic mass is 35.6. The molecule has 1 atom stereocenters. The van der Waals surface area contributed by atoms with Crippen LogP contribution in [-0.2, 0) is 0 Å². The molecule has 150 valence electrons. The molecule has 3 aromatic carbocycles. The fourth-order valence-corrected chi connectivity index (χ4v) is 3.45. The highest BCUT2D eigenvalue weighted by Crippen LogP contribution is 2.30. The molecule has 0 fully saturated rings. The van der Waals surface area contributed by atoms with E-state index < -0.39 is 15.9 Å². The highest BCUT2D eigenvalue weighted by Gasteiger charge is 2.35. The van der Waals surface area contributed by atoms with Crippen molar-refractivity contribution in [1.29, 1.82) is 0 Å². The van der Waals surface area contributed by atoms with Gasteiger partial charge in [-0.3, -0.25) is 4.79 Å². The maximum Gasteiger partial charge on any atom is 0.254 e. The number of hydrogen-bond donors (Lipinski definition) is 3. The number of halogens is 4. The quantitative estimate of drug-likeness (QED) is 0.244. The fraction of sp³-hybridized carbons (Fsp3) is 0.100. The Kier molecular flexibility index (Phi) is 7.09. The van der Waals surface area contributed by atoms with Gasteiger partial charge in [-0.1, -0.05) is 94.9 Å². The third kappa shape index (κ3) is 5.65. The minimum Gasteiger partial charge on any atom is -0.339 e. The first kappa shape index (κ1) is 21.9. The number of rotatable bonds is 4. The van der Waals surface area contributed by atoms with Crippen LogP contribution < -0.4 is 16.0 Å². The molecule has 9 heteroatoms. The smallest absolute Gasteiger partial charge is 0.254 e. The van der Waals surface area contributed by atoms with Crippen LogP contribution in [0.3, 0.4) is 0 Å². The number of carbonyl (C=O) groups excluding carboxylic acids is 1. The van der Waals surface area contributed by atoms with Crippen molar-refractivity contribution in [2.24, 2.45) is 0 Å². The zero-order valence-corrected chi connectivity index (χ0v) is 18.6. The van der Waals surface area contributed by atoms with Crippen molar-refractivity contribution in [2.45, 2.75) is 9.96 Å². The van der Waals surface area contributed by atoms with Crippen molar-refractivity contribution in [1.82, 2.24) is 10.6 Å². The van der Waals surface area contributed by atoms with E-state index in [1.165, 1.54) is 0 Å². The summed E-state index contributed by atoms with van der Waals surface area (Å²) in [4.78, 5) is 12.6. The van der Waals surface area contributed by atoms with E-state index in [4.69, 9.17) is 58.6 Å². The first-order valence-electron chi connectivity index (χ1n) is 8.43. The van der Waals surface area contributed by atoms with Crippen LogP contribution in [-0.4, -0.2) is 21.0 Å². The van der Waals surface area contributed by atoms with Gasteiger partial charge in [-0.15, -0.1) is 0 Å². The standard InChI is InChI=1S/C20H15Cl4N3OS/c21-15-10-4-3-9-14(15)17(28)26-18(20(22,23)24)27-19(29)25-16-11-5-7-12-6-1-2-8-13(12)16/h1-11,18H,(H,26,28)(H2,25,27,29)/t18-/m0/s1. The summed E-state index contributed by atoms with van der Waals surface area (Å²) in [5.41, 5.74) is 1.03. The number of alkyl halides is 3. The monoisotopic (exact) mass is 485 g/mol. The Morgan fingerprint density at radius 2 is 1.55 bits per heavy atom. The third-order valence-corrected chi connectivity index (χ3v) is 5.24. The molecule has 1 amide bonds. The maximum absolute atomic E-state index is 12.6. The Morgan fingerprint density at radius 3 is 2.28 bits per heavy atom. The summed E-state index contributed by atoms with van der Waals surface area (Å²) in [6.07, 6.45) is -1.11. The predicted molar refractivity (Wildman–Crippen MR) is 126 cm³/mol. The van der Waals surface area contributed by atoms with Gasteiger partial charge in [0.05, 0.1) is 10.6 Å². The minimum absolute atomic E-state index is 0.178. The highest BCUT2D eigenvalue weighted by molar-refractivity contribution is 7.80. The second kappa shape index (κ2) is 9.37. The molecule has 29 heavy (non-hydrogen) atoms. The molecule has 0 bridgehead atoms. The number of anilines is 1. The first-order chi connectivity index (χ1) is 13.8. The number of thiocarbonyl (C=S) groups is 1. The molecule has 0 aromatic heterocycles. The normalized spacial score (nSPS) is 12.3. The molecule has 0 heterocycles. The lowest BCUT2D eigenvalue weighted by Crippen LogP contribution is -2.56. The molecule has 0 aliphatic rings. The molecule has 0 saturated carbocycles. The molecule has 3 aromatic rings. The number of hydrogen-bond acceptors (Lipinski definition) is 2. The summed E-state index contributed by atoms with van der Waals surface area (Å²) in [5, 5.41) is 11.0. The number of fused-ring (bicyclic) bond motifs is 1. The van der Waals surface area contributed by atoms with E-state index in [1.54, 1.807) is 24.3 Å². The van der Waals surface area contributed by atoms with Gasteiger partial charge < -0.3 is 16.0 Å². The van der Waals surface area contributed by atoms with Crippen molar-refractivity contribution in [3.63, 3.8) is 0 Å². The molecule has 3 N–H and O–H groups in total. The summed E-state index contributed by atoms with van der Waals surface area (Å²) in [6.45, 7) is 0. The molecule has 0 unspecified atom stereocenters. The summed E-state index contributed by atoms with van der Waals surface area (Å²) in [7, 11) is 0. The largest absolute Gasteiger partial charge is 0.339 e. The summed E-state index contributed by atoms with van der Waals surface area (Å²) in [5.74, 6) is -0.507. The number of amides is 1. The lowest BCUT2D eigenvalue weighted by Gasteiger charge is -2.28. The Labute approximate surface area is 193 Å². The molecule has 0 aliphatic heterocycles. The van der Waals surface area contributed by atoms with Gasteiger partial charge in [-0.05, 0) is 35.8 Å². The Hall–Kier alpha value is -1.76. The number of carbonyl (C=O) groups is 1. The summed E-state index contributed by atoms with van der Waals surface area (Å²) >= 11 is 29.6. The Bertz CT molecular complexity index is 1050. The van der Waals surface area contributed by atoms with Crippen molar-refractivity contribution >= 4 is 86.1 Å². The molecular formula is C20H15Cl4N3OS. The van der Waals surface area contributed by atoms with Gasteiger partial charge in [-0.2, -0.15) is 0 Å². The van der Waals surface area contributed by atoms with Gasteiger partial charge in [0.1, 0.15) is 6.17 Å². The van der Waals surface area contributed by atoms with Gasteiger partial charge >= 0.3 is 0 Å². The SMILES string of the molecule is O=C(N[C@@H](NC(=S)Nc1cccc2ccccc12)C(Cl)(Cl)Cl)c1ccccc1Cl. The zero-order chi connectivity index (χ0) is 21.0. The molecule has 3 rings (SSSR count). The van der Waals surface area contributed by atoms with Crippen molar-refractivity contribution in [3.8, 4) is 0 Å². The van der Waals surface area contributed by atoms with E-state index in [9.17, 15) is 4.79 Å². The van der Waals surface area contributed by atoms with Crippen LogP contribution in [0.15, 0.2) is 66.7 Å². The number of nitrogens with one attached hydrogen (secondary N) is 3. The van der Waals surface area contributed by atoms with Crippen LogP contribution in [0.2, 0.25) is 5.02 Å². The van der Waals surface area contributed by atoms with E-state index in [0.717, 1.165) is 16.5 Å². The van der Waals surface area contributed by atoms with E-state index in [2.05, 4.69) is 16.0 Å². The Morgan fingerprint density at radius 1 is 0.897 bits per heavy atom. The third-order valence-electron chi connectivity index (χ3n) is 4.03. The van der Waals surface area contributed by atoms with E-state index >= 15 is 0 Å². The number of benzene rings is 3. The lowest BCUT2D eigenvalue weighted by molar-refractivity contribution is 0.0934. The fourth-order valence-electron chi connectivity index (χ4n) is 2.68. The van der Waals surface area contributed by atoms with Crippen LogP contribution in [0.1, 0.15) is 10.4 Å². The molecule has 4 nitrogen and oxygen atoms in total. The van der Waals surface area contributed by atoms with Gasteiger partial charge in [0.2, 0.25) is 3.79 Å². The van der Waals surface area contributed by atoms with Crippen molar-refractivity contribution < 1.29 is 4.79 Å². The van der Waals surface area contributed by atoms with E-state index in [1.807, 2.05) is 42.5 Å². The molecule has 0 spiro atoms. The van der Waals surface area contributed by atoms with E-state index in [0.29, 0.717) is 0 Å². The van der Waals surface area contributed by atoms with Gasteiger partial charge in [0, 0.05) is 11.1 Å². The second-order valence-electron chi connectivity index (χ2n) is 6.05. The predicted octanol–water partition coefficient (Wildman–Crippen LogP) is 5.91. The van der Waals surface area contributed by atoms with Crippen LogP contribution in [0.5, 0.6) is 0 Å². The van der Waals surface area contributed by atoms with Gasteiger partial charge in [0.15, 0.2) is 5.11 Å². The topological polar surface area (TPSA) is 53.2 Å². The Balaban J connectivity index is 1.76. The molecule has 0 saturated heterocycles. The van der Waals surface area contributed by atoms with Crippen LogP contribution >= 0.6 is 58.6 Å². The average Bonchev–Trinajstić information content (AvgIpc) is 2.67. The molecule has 0 radical (unpaired) electrons. The van der Waals surface area contributed by atoms with Gasteiger partial charge in [0.25, 0.3) is 5.91 Å². The van der Waals surface area contributed by atoms with Crippen LogP contribution in [0, 0.1) is 0 Å². The molecular weight excluding hydrogens is 472 g/mol. The van der Waals surface area contributed by atoms with Crippen LogP contribution in [0.25, 0.3) is 10.8 Å². The second-order valence-corrected chi connectivity index (χ2v) is 9.24. The van der Waals surface area contributed by atoms with Crippen LogP contribution in [0.4, 0.5) is 5.69 Å². The van der Waals surface area contributed by atoms with E-state index in [-0.39, 0.29) is 15.7 Å². The lowest BCUT2D eigenvalue weighted by atomic mass is 10.1. The summed E-state index contributed by atoms with van der Waals surface area (Å²) in [6, 6.07) is 20.2. The zero-order valence-electron chi connectivity index (χ0n) is 14.8. The summed E-state index contributed by atoms with van der Waals surface area (Å²) < 4.78 is -1.87. The molecule has 0 aliphatic carbocycles. The maximum atomic E-state index is 12.6. The van der Waals surface area contributed by atoms with Crippen molar-refractivity contribution in [2.75, 3.05) is 5.32 Å².